The third-order valence-corrected chi connectivity index (χ3v) is 6.75. The van der Waals surface area contributed by atoms with Crippen LogP contribution in [0.2, 0.25) is 0 Å². The number of hydrazone groups is 1. The van der Waals surface area contributed by atoms with Gasteiger partial charge in [0.25, 0.3) is 0 Å². The summed E-state index contributed by atoms with van der Waals surface area (Å²) in [6, 6.07) is 2.68. The number of carboxylic acids is 1. The van der Waals surface area contributed by atoms with Crippen molar-refractivity contribution in [2.24, 2.45) is 28.3 Å². The number of hydrogen-bond acceptors (Lipinski definition) is 4. The van der Waals surface area contributed by atoms with Gasteiger partial charge < -0.3 is 10.0 Å². The fourth-order valence-corrected chi connectivity index (χ4v) is 5.20. The van der Waals surface area contributed by atoms with Crippen molar-refractivity contribution in [3.05, 3.63) is 35.4 Å². The van der Waals surface area contributed by atoms with E-state index in [0.717, 1.165) is 44.1 Å². The van der Waals surface area contributed by atoms with Gasteiger partial charge in [-0.25, -0.2) is 13.8 Å². The molecular weight excluding hydrogens is 392 g/mol. The normalized spacial score (nSPS) is 28.9. The fourth-order valence-electron chi connectivity index (χ4n) is 5.20. The van der Waals surface area contributed by atoms with Crippen molar-refractivity contribution in [3.8, 4) is 0 Å². The summed E-state index contributed by atoms with van der Waals surface area (Å²) in [5.41, 5.74) is -0.651. The van der Waals surface area contributed by atoms with E-state index in [-0.39, 0.29) is 17.4 Å². The average molecular weight is 419 g/mol. The molecule has 2 heterocycles. The van der Waals surface area contributed by atoms with Crippen LogP contribution in [-0.4, -0.2) is 52.7 Å². The molecule has 2 aliphatic heterocycles. The maximum absolute atomic E-state index is 14.3. The van der Waals surface area contributed by atoms with Crippen LogP contribution in [0.15, 0.2) is 23.3 Å². The van der Waals surface area contributed by atoms with Crippen LogP contribution in [0, 0.1) is 34.8 Å². The standard InChI is InChI=1S/C22H27F2N3O3/c1-22(2,21(29)30)12-26-10-14-7-13(8-15(14)11-26)20(28)27-19(5-6-25-27)17-9-16(23)3-4-18(17)24/h3-4,6,9,13-15,19H,5,7-8,10-12H2,1-2H3,(H,29,30). The third-order valence-electron chi connectivity index (χ3n) is 6.75. The number of carbonyl (C=O) groups is 2. The molecule has 0 spiro atoms. The minimum absolute atomic E-state index is 0.135. The third kappa shape index (κ3) is 3.85. The van der Waals surface area contributed by atoms with Crippen LogP contribution in [0.25, 0.3) is 0 Å². The van der Waals surface area contributed by atoms with Crippen molar-refractivity contribution < 1.29 is 23.5 Å². The van der Waals surface area contributed by atoms with Gasteiger partial charge in [-0.3, -0.25) is 9.59 Å². The smallest absolute Gasteiger partial charge is 0.310 e. The molecule has 1 amide bonds. The molecule has 162 valence electrons. The molecule has 3 aliphatic rings. The molecule has 6 nitrogen and oxygen atoms in total. The van der Waals surface area contributed by atoms with Crippen LogP contribution in [0.5, 0.6) is 0 Å². The zero-order valence-electron chi connectivity index (χ0n) is 17.2. The molecule has 0 aromatic heterocycles. The van der Waals surface area contributed by atoms with Gasteiger partial charge in [0.15, 0.2) is 0 Å². The van der Waals surface area contributed by atoms with Crippen LogP contribution in [0.1, 0.15) is 44.7 Å². The van der Waals surface area contributed by atoms with E-state index in [9.17, 15) is 23.5 Å². The highest BCUT2D eigenvalue weighted by Crippen LogP contribution is 2.44. The molecule has 1 aromatic rings. The van der Waals surface area contributed by atoms with Gasteiger partial charge in [-0.1, -0.05) is 0 Å². The molecule has 30 heavy (non-hydrogen) atoms. The average Bonchev–Trinajstić information content (AvgIpc) is 3.37. The first-order valence-corrected chi connectivity index (χ1v) is 10.4. The molecule has 1 N–H and O–H groups in total. The number of likely N-dealkylation sites (tertiary alicyclic amines) is 1. The predicted octanol–water partition coefficient (Wildman–Crippen LogP) is 3.29. The van der Waals surface area contributed by atoms with Crippen LogP contribution >= 0.6 is 0 Å². The Balaban J connectivity index is 1.40. The summed E-state index contributed by atoms with van der Waals surface area (Å²) < 4.78 is 27.9. The summed E-state index contributed by atoms with van der Waals surface area (Å²) >= 11 is 0. The Bertz CT molecular complexity index is 874. The van der Waals surface area contributed by atoms with Crippen molar-refractivity contribution in [1.82, 2.24) is 9.91 Å². The van der Waals surface area contributed by atoms with Gasteiger partial charge >= 0.3 is 5.97 Å². The van der Waals surface area contributed by atoms with Gasteiger partial charge in [0.05, 0.1) is 11.5 Å². The number of hydrogen-bond donors (Lipinski definition) is 1. The van der Waals surface area contributed by atoms with E-state index in [1.54, 1.807) is 20.1 Å². The largest absolute Gasteiger partial charge is 0.481 e. The summed E-state index contributed by atoms with van der Waals surface area (Å²) in [4.78, 5) is 26.7. The summed E-state index contributed by atoms with van der Waals surface area (Å²) in [5, 5.41) is 14.9. The van der Waals surface area contributed by atoms with Gasteiger partial charge in [0.2, 0.25) is 5.91 Å². The monoisotopic (exact) mass is 419 g/mol. The molecule has 4 rings (SSSR count). The van der Waals surface area contributed by atoms with Crippen molar-refractivity contribution in [2.75, 3.05) is 19.6 Å². The Morgan fingerprint density at radius 3 is 2.50 bits per heavy atom. The summed E-state index contributed by atoms with van der Waals surface area (Å²) in [5.74, 6) is -1.52. The summed E-state index contributed by atoms with van der Waals surface area (Å²) in [6.07, 6.45) is 3.39. The van der Waals surface area contributed by atoms with E-state index < -0.39 is 29.1 Å². The second-order valence-corrected chi connectivity index (χ2v) is 9.47. The molecule has 2 fully saturated rings. The molecular formula is C22H27F2N3O3. The Kier molecular flexibility index (Phi) is 5.38. The summed E-state index contributed by atoms with van der Waals surface area (Å²) in [6.45, 7) is 5.53. The Morgan fingerprint density at radius 2 is 1.87 bits per heavy atom. The Morgan fingerprint density at radius 1 is 1.20 bits per heavy atom. The van der Waals surface area contributed by atoms with E-state index in [4.69, 9.17) is 0 Å². The lowest BCUT2D eigenvalue weighted by Crippen LogP contribution is -2.39. The van der Waals surface area contributed by atoms with Gasteiger partial charge in [0, 0.05) is 43.8 Å². The fraction of sp³-hybridized carbons (Fsp3) is 0.591. The minimum atomic E-state index is -0.810. The number of benzene rings is 1. The number of carbonyl (C=O) groups excluding carboxylic acids is 1. The van der Waals surface area contributed by atoms with Gasteiger partial charge in [-0.2, -0.15) is 5.10 Å². The number of nitrogens with zero attached hydrogens (tertiary/aromatic N) is 3. The second-order valence-electron chi connectivity index (χ2n) is 9.47. The first-order valence-electron chi connectivity index (χ1n) is 10.4. The first-order chi connectivity index (χ1) is 14.2. The number of carboxylic acid groups (broad SMARTS) is 1. The number of aliphatic carboxylic acids is 1. The minimum Gasteiger partial charge on any atom is -0.481 e. The van der Waals surface area contributed by atoms with Crippen molar-refractivity contribution >= 4 is 18.1 Å². The van der Waals surface area contributed by atoms with Crippen molar-refractivity contribution in [2.45, 2.75) is 39.2 Å². The highest BCUT2D eigenvalue weighted by atomic mass is 19.1. The highest BCUT2D eigenvalue weighted by Gasteiger charge is 2.47. The van der Waals surface area contributed by atoms with E-state index in [1.165, 1.54) is 5.01 Å². The molecule has 3 unspecified atom stereocenters. The van der Waals surface area contributed by atoms with E-state index in [0.29, 0.717) is 24.8 Å². The van der Waals surface area contributed by atoms with Crippen molar-refractivity contribution in [3.63, 3.8) is 0 Å². The lowest BCUT2D eigenvalue weighted by atomic mass is 9.93. The quantitative estimate of drug-likeness (QED) is 0.795. The van der Waals surface area contributed by atoms with Crippen LogP contribution < -0.4 is 0 Å². The molecule has 8 heteroatoms. The molecule has 0 radical (unpaired) electrons. The van der Waals surface area contributed by atoms with Crippen LogP contribution in [-0.2, 0) is 9.59 Å². The number of amides is 1. The Hall–Kier alpha value is -2.35. The predicted molar refractivity (Wildman–Crippen MR) is 107 cm³/mol. The SMILES string of the molecule is CC(C)(CN1CC2CC(C(=O)N3N=CCC3c3cc(F)ccc3F)CC2C1)C(=O)O. The molecule has 1 saturated heterocycles. The maximum Gasteiger partial charge on any atom is 0.310 e. The van der Waals surface area contributed by atoms with Crippen LogP contribution in [0.4, 0.5) is 8.78 Å². The van der Waals surface area contributed by atoms with Gasteiger partial charge in [0.1, 0.15) is 11.6 Å². The van der Waals surface area contributed by atoms with E-state index >= 15 is 0 Å². The number of rotatable bonds is 5. The zero-order chi connectivity index (χ0) is 21.6. The summed E-state index contributed by atoms with van der Waals surface area (Å²) in [7, 11) is 0. The van der Waals surface area contributed by atoms with E-state index in [1.807, 2.05) is 0 Å². The molecule has 1 saturated carbocycles. The molecule has 0 bridgehead atoms. The Labute approximate surface area is 174 Å². The van der Waals surface area contributed by atoms with Crippen LogP contribution in [0.3, 0.4) is 0 Å². The highest BCUT2D eigenvalue weighted by molar-refractivity contribution is 5.82. The first kappa shape index (κ1) is 20.9. The lowest BCUT2D eigenvalue weighted by molar-refractivity contribution is -0.147. The number of halogens is 2. The lowest BCUT2D eigenvalue weighted by Gasteiger charge is -2.28. The topological polar surface area (TPSA) is 73.2 Å². The zero-order valence-corrected chi connectivity index (χ0v) is 17.2. The second kappa shape index (κ2) is 7.72. The van der Waals surface area contributed by atoms with E-state index in [2.05, 4.69) is 10.0 Å². The maximum atomic E-state index is 14.3. The number of fused-ring (bicyclic) bond motifs is 1. The van der Waals surface area contributed by atoms with Crippen molar-refractivity contribution in [1.29, 1.82) is 0 Å². The molecule has 1 aliphatic carbocycles. The van der Waals surface area contributed by atoms with Gasteiger partial charge in [-0.05, 0) is 56.7 Å². The molecule has 3 atom stereocenters. The molecule has 1 aromatic carbocycles. The van der Waals surface area contributed by atoms with Gasteiger partial charge in [-0.15, -0.1) is 0 Å².